The molecule has 3 nitrogen and oxygen atoms in total. The molecule has 1 heterocycles. The van der Waals surface area contributed by atoms with Crippen molar-refractivity contribution in [1.82, 2.24) is 9.55 Å². The van der Waals surface area contributed by atoms with Gasteiger partial charge < -0.3 is 14.3 Å². The van der Waals surface area contributed by atoms with Gasteiger partial charge in [0.1, 0.15) is 17.1 Å². The van der Waals surface area contributed by atoms with Crippen LogP contribution >= 0.6 is 12.2 Å². The summed E-state index contributed by atoms with van der Waals surface area (Å²) < 4.78 is 21.5. The molecule has 0 saturated carbocycles. The number of benzene rings is 2. The second-order valence-electron chi connectivity index (χ2n) is 4.78. The number of ether oxygens (including phenoxy) is 1. The molecule has 0 bridgehead atoms. The van der Waals surface area contributed by atoms with Crippen LogP contribution in [0, 0.1) is 10.6 Å². The maximum Gasteiger partial charge on any atom is 0.178 e. The summed E-state index contributed by atoms with van der Waals surface area (Å²) in [4.78, 5) is 2.93. The molecule has 21 heavy (non-hydrogen) atoms. The van der Waals surface area contributed by atoms with Crippen LogP contribution < -0.4 is 4.74 Å². The standard InChI is InChI=1S/C16H15FN2OS/c1-20-14-8-3-2-5-11(14)9-10-19-13-7-4-6-12(17)15(13)18-16(19)21/h2-8H,9-10H2,1H3,(H,18,21). The number of imidazole rings is 1. The molecule has 0 spiro atoms. The molecular formula is C16H15FN2OS. The van der Waals surface area contributed by atoms with Crippen LogP contribution in [0.1, 0.15) is 5.56 Å². The highest BCUT2D eigenvalue weighted by molar-refractivity contribution is 7.71. The number of nitrogens with one attached hydrogen (secondary N) is 1. The molecule has 0 fully saturated rings. The van der Waals surface area contributed by atoms with Gasteiger partial charge in [0.25, 0.3) is 0 Å². The number of nitrogens with zero attached hydrogens (tertiary/aromatic N) is 1. The molecule has 0 radical (unpaired) electrons. The van der Waals surface area contributed by atoms with Crippen LogP contribution in [0.15, 0.2) is 42.5 Å². The van der Waals surface area contributed by atoms with E-state index in [4.69, 9.17) is 17.0 Å². The van der Waals surface area contributed by atoms with E-state index in [0.717, 1.165) is 23.3 Å². The Kier molecular flexibility index (Phi) is 3.75. The summed E-state index contributed by atoms with van der Waals surface area (Å²) in [6.45, 7) is 0.669. The van der Waals surface area contributed by atoms with Crippen LogP contribution in [-0.2, 0) is 13.0 Å². The van der Waals surface area contributed by atoms with E-state index in [1.54, 1.807) is 13.2 Å². The third-order valence-electron chi connectivity index (χ3n) is 3.56. The Balaban J connectivity index is 1.94. The van der Waals surface area contributed by atoms with Crippen LogP contribution in [0.5, 0.6) is 5.75 Å². The first-order chi connectivity index (χ1) is 10.2. The summed E-state index contributed by atoms with van der Waals surface area (Å²) in [6.07, 6.45) is 0.766. The SMILES string of the molecule is COc1ccccc1CCn1c(=S)[nH]c2c(F)cccc21. The van der Waals surface area contributed by atoms with E-state index >= 15 is 0 Å². The molecule has 0 atom stereocenters. The van der Waals surface area contributed by atoms with E-state index in [1.165, 1.54) is 6.07 Å². The van der Waals surface area contributed by atoms with Crippen molar-refractivity contribution in [2.45, 2.75) is 13.0 Å². The predicted molar refractivity (Wildman–Crippen MR) is 83.8 cm³/mol. The molecule has 108 valence electrons. The zero-order valence-electron chi connectivity index (χ0n) is 11.6. The fourth-order valence-corrected chi connectivity index (χ4v) is 2.80. The number of aryl methyl sites for hydroxylation is 2. The van der Waals surface area contributed by atoms with Gasteiger partial charge in [0.2, 0.25) is 0 Å². The molecule has 0 aliphatic rings. The van der Waals surface area contributed by atoms with Gasteiger partial charge >= 0.3 is 0 Å². The van der Waals surface area contributed by atoms with Crippen molar-refractivity contribution in [3.8, 4) is 5.75 Å². The van der Waals surface area contributed by atoms with Crippen molar-refractivity contribution in [2.24, 2.45) is 0 Å². The number of halogens is 1. The minimum atomic E-state index is -0.283. The zero-order chi connectivity index (χ0) is 14.8. The molecule has 5 heteroatoms. The third-order valence-corrected chi connectivity index (χ3v) is 3.88. The van der Waals surface area contributed by atoms with Gasteiger partial charge in [-0.2, -0.15) is 0 Å². The summed E-state index contributed by atoms with van der Waals surface area (Å²) in [6, 6.07) is 12.9. The van der Waals surface area contributed by atoms with Gasteiger partial charge in [-0.1, -0.05) is 24.3 Å². The first kappa shape index (κ1) is 13.8. The van der Waals surface area contributed by atoms with E-state index in [2.05, 4.69) is 4.98 Å². The Bertz CT molecular complexity index is 838. The van der Waals surface area contributed by atoms with Crippen LogP contribution in [0.3, 0.4) is 0 Å². The number of hydrogen-bond donors (Lipinski definition) is 1. The molecule has 1 N–H and O–H groups in total. The topological polar surface area (TPSA) is 29.9 Å². The second-order valence-corrected chi connectivity index (χ2v) is 5.16. The number of methoxy groups -OCH3 is 1. The third kappa shape index (κ3) is 2.56. The lowest BCUT2D eigenvalue weighted by atomic mass is 10.1. The van der Waals surface area contributed by atoms with Gasteiger partial charge in [-0.25, -0.2) is 4.39 Å². The highest BCUT2D eigenvalue weighted by atomic mass is 32.1. The van der Waals surface area contributed by atoms with Gasteiger partial charge in [0, 0.05) is 6.54 Å². The zero-order valence-corrected chi connectivity index (χ0v) is 12.4. The smallest absolute Gasteiger partial charge is 0.178 e. The lowest BCUT2D eigenvalue weighted by Gasteiger charge is -2.09. The molecule has 3 rings (SSSR count). The normalized spacial score (nSPS) is 11.0. The maximum atomic E-state index is 13.8. The Morgan fingerprint density at radius 2 is 2.00 bits per heavy atom. The fourth-order valence-electron chi connectivity index (χ4n) is 2.51. The number of hydrogen-bond acceptors (Lipinski definition) is 2. The predicted octanol–water partition coefficient (Wildman–Crippen LogP) is 4.09. The number of aromatic amines is 1. The summed E-state index contributed by atoms with van der Waals surface area (Å²) >= 11 is 5.30. The van der Waals surface area contributed by atoms with Crippen molar-refractivity contribution < 1.29 is 9.13 Å². The molecule has 0 aliphatic carbocycles. The van der Waals surface area contributed by atoms with Crippen molar-refractivity contribution in [2.75, 3.05) is 7.11 Å². The Labute approximate surface area is 127 Å². The monoisotopic (exact) mass is 302 g/mol. The highest BCUT2D eigenvalue weighted by Gasteiger charge is 2.09. The number of H-pyrrole nitrogens is 1. The molecule has 0 amide bonds. The van der Waals surface area contributed by atoms with Crippen LogP contribution in [0.4, 0.5) is 4.39 Å². The number of aromatic nitrogens is 2. The average molecular weight is 302 g/mol. The maximum absolute atomic E-state index is 13.8. The van der Waals surface area contributed by atoms with Crippen molar-refractivity contribution in [3.05, 3.63) is 58.6 Å². The summed E-state index contributed by atoms with van der Waals surface area (Å²) in [5.41, 5.74) is 2.35. The number of fused-ring (bicyclic) bond motifs is 1. The van der Waals surface area contributed by atoms with Crippen molar-refractivity contribution in [1.29, 1.82) is 0 Å². The van der Waals surface area contributed by atoms with Gasteiger partial charge in [0.05, 0.1) is 12.6 Å². The molecule has 0 unspecified atom stereocenters. The highest BCUT2D eigenvalue weighted by Crippen LogP contribution is 2.21. The first-order valence-corrected chi connectivity index (χ1v) is 7.10. The second kappa shape index (κ2) is 5.69. The fraction of sp³-hybridized carbons (Fsp3) is 0.188. The largest absolute Gasteiger partial charge is 0.496 e. The Hall–Kier alpha value is -2.14. The van der Waals surface area contributed by atoms with E-state index in [9.17, 15) is 4.39 Å². The summed E-state index contributed by atoms with van der Waals surface area (Å²) in [5, 5.41) is 0. The number of rotatable bonds is 4. The van der Waals surface area contributed by atoms with Gasteiger partial charge in [-0.15, -0.1) is 0 Å². The minimum Gasteiger partial charge on any atom is -0.496 e. The molecular weight excluding hydrogens is 287 g/mol. The summed E-state index contributed by atoms with van der Waals surface area (Å²) in [7, 11) is 1.66. The van der Waals surface area contributed by atoms with Gasteiger partial charge in [-0.3, -0.25) is 0 Å². The van der Waals surface area contributed by atoms with Crippen molar-refractivity contribution in [3.63, 3.8) is 0 Å². The minimum absolute atomic E-state index is 0.283. The van der Waals surface area contributed by atoms with E-state index in [0.29, 0.717) is 16.8 Å². The lowest BCUT2D eigenvalue weighted by molar-refractivity contribution is 0.408. The molecule has 0 saturated heterocycles. The van der Waals surface area contributed by atoms with E-state index < -0.39 is 0 Å². The quantitative estimate of drug-likeness (QED) is 0.736. The molecule has 1 aromatic heterocycles. The first-order valence-electron chi connectivity index (χ1n) is 6.69. The van der Waals surface area contributed by atoms with E-state index in [-0.39, 0.29) is 5.82 Å². The van der Waals surface area contributed by atoms with Crippen LogP contribution in [-0.4, -0.2) is 16.7 Å². The van der Waals surface area contributed by atoms with Crippen molar-refractivity contribution >= 4 is 23.3 Å². The molecule has 0 aliphatic heterocycles. The van der Waals surface area contributed by atoms with Gasteiger partial charge in [-0.05, 0) is 42.4 Å². The van der Waals surface area contributed by atoms with Crippen LogP contribution in [0.25, 0.3) is 11.0 Å². The Morgan fingerprint density at radius 1 is 1.19 bits per heavy atom. The lowest BCUT2D eigenvalue weighted by Crippen LogP contribution is -2.02. The van der Waals surface area contributed by atoms with Gasteiger partial charge in [0.15, 0.2) is 4.77 Å². The molecule has 2 aromatic carbocycles. The summed E-state index contributed by atoms with van der Waals surface area (Å²) in [5.74, 6) is 0.574. The Morgan fingerprint density at radius 3 is 2.81 bits per heavy atom. The number of para-hydroxylation sites is 2. The average Bonchev–Trinajstić information content (AvgIpc) is 2.83. The van der Waals surface area contributed by atoms with E-state index in [1.807, 2.05) is 34.9 Å². The van der Waals surface area contributed by atoms with Crippen LogP contribution in [0.2, 0.25) is 0 Å². The molecule has 3 aromatic rings.